The lowest BCUT2D eigenvalue weighted by atomic mass is 10.0. The Morgan fingerprint density at radius 3 is 2.92 bits per heavy atom. The molecule has 1 unspecified atom stereocenters. The van der Waals surface area contributed by atoms with Crippen molar-refractivity contribution in [1.29, 1.82) is 0 Å². The van der Waals surface area contributed by atoms with Crippen molar-refractivity contribution in [3.63, 3.8) is 0 Å². The SMILES string of the molecule is CCCC(=O)NC1(C)CCNC1. The molecule has 0 spiro atoms. The molecule has 1 saturated heterocycles. The van der Waals surface area contributed by atoms with Gasteiger partial charge < -0.3 is 10.6 Å². The van der Waals surface area contributed by atoms with Crippen molar-refractivity contribution >= 4 is 5.91 Å². The largest absolute Gasteiger partial charge is 0.350 e. The predicted molar refractivity (Wildman–Crippen MR) is 48.9 cm³/mol. The predicted octanol–water partition coefficient (Wildman–Crippen LogP) is 0.655. The standard InChI is InChI=1S/C9H18N2O/c1-3-4-8(12)11-9(2)5-6-10-7-9/h10H,3-7H2,1-2H3,(H,11,12). The molecule has 1 fully saturated rings. The van der Waals surface area contributed by atoms with Crippen LogP contribution in [0.5, 0.6) is 0 Å². The Labute approximate surface area is 73.9 Å². The van der Waals surface area contributed by atoms with Gasteiger partial charge in [-0.1, -0.05) is 6.92 Å². The molecule has 1 amide bonds. The zero-order valence-electron chi connectivity index (χ0n) is 7.94. The minimum absolute atomic E-state index is 0.00620. The van der Waals surface area contributed by atoms with Crippen LogP contribution in [-0.4, -0.2) is 24.5 Å². The smallest absolute Gasteiger partial charge is 0.220 e. The molecule has 1 atom stereocenters. The van der Waals surface area contributed by atoms with Crippen LogP contribution in [0.2, 0.25) is 0 Å². The molecule has 0 saturated carbocycles. The molecule has 1 rings (SSSR count). The van der Waals surface area contributed by atoms with E-state index in [1.807, 2.05) is 6.92 Å². The second-order valence-electron chi connectivity index (χ2n) is 3.79. The van der Waals surface area contributed by atoms with Crippen molar-refractivity contribution in [1.82, 2.24) is 10.6 Å². The summed E-state index contributed by atoms with van der Waals surface area (Å²) in [5.74, 6) is 0.184. The fourth-order valence-corrected chi connectivity index (χ4v) is 1.55. The number of carbonyl (C=O) groups is 1. The second kappa shape index (κ2) is 3.90. The molecule has 1 aliphatic heterocycles. The molecule has 0 radical (unpaired) electrons. The molecule has 2 N–H and O–H groups in total. The highest BCUT2D eigenvalue weighted by molar-refractivity contribution is 5.76. The summed E-state index contributed by atoms with van der Waals surface area (Å²) >= 11 is 0. The quantitative estimate of drug-likeness (QED) is 0.653. The highest BCUT2D eigenvalue weighted by atomic mass is 16.1. The summed E-state index contributed by atoms with van der Waals surface area (Å²) in [5.41, 5.74) is 0.00620. The van der Waals surface area contributed by atoms with Crippen LogP contribution >= 0.6 is 0 Å². The van der Waals surface area contributed by atoms with Crippen molar-refractivity contribution in [3.8, 4) is 0 Å². The molecule has 0 aromatic rings. The lowest BCUT2D eigenvalue weighted by Crippen LogP contribution is -2.47. The maximum Gasteiger partial charge on any atom is 0.220 e. The van der Waals surface area contributed by atoms with Gasteiger partial charge in [0.1, 0.15) is 0 Å². The zero-order chi connectivity index (χ0) is 9.03. The molecule has 3 nitrogen and oxygen atoms in total. The van der Waals surface area contributed by atoms with E-state index in [1.165, 1.54) is 0 Å². The van der Waals surface area contributed by atoms with Gasteiger partial charge in [-0.05, 0) is 26.3 Å². The van der Waals surface area contributed by atoms with E-state index >= 15 is 0 Å². The van der Waals surface area contributed by atoms with Gasteiger partial charge in [-0.3, -0.25) is 4.79 Å². The molecule has 0 aromatic carbocycles. The first-order valence-corrected chi connectivity index (χ1v) is 4.68. The van der Waals surface area contributed by atoms with Crippen LogP contribution in [0, 0.1) is 0 Å². The van der Waals surface area contributed by atoms with Crippen LogP contribution in [0.4, 0.5) is 0 Å². The van der Waals surface area contributed by atoms with Crippen LogP contribution in [0.3, 0.4) is 0 Å². The first-order valence-electron chi connectivity index (χ1n) is 4.68. The third-order valence-corrected chi connectivity index (χ3v) is 2.29. The average molecular weight is 170 g/mol. The van der Waals surface area contributed by atoms with Crippen LogP contribution in [0.25, 0.3) is 0 Å². The van der Waals surface area contributed by atoms with Crippen LogP contribution < -0.4 is 10.6 Å². The molecule has 1 aliphatic rings. The minimum Gasteiger partial charge on any atom is -0.350 e. The second-order valence-corrected chi connectivity index (χ2v) is 3.79. The summed E-state index contributed by atoms with van der Waals surface area (Å²) in [4.78, 5) is 11.3. The minimum atomic E-state index is 0.00620. The summed E-state index contributed by atoms with van der Waals surface area (Å²) in [7, 11) is 0. The molecular weight excluding hydrogens is 152 g/mol. The van der Waals surface area contributed by atoms with E-state index in [-0.39, 0.29) is 11.4 Å². The number of carbonyl (C=O) groups excluding carboxylic acids is 1. The van der Waals surface area contributed by atoms with E-state index in [4.69, 9.17) is 0 Å². The van der Waals surface area contributed by atoms with E-state index < -0.39 is 0 Å². The number of hydrogen-bond acceptors (Lipinski definition) is 2. The molecule has 12 heavy (non-hydrogen) atoms. The van der Waals surface area contributed by atoms with Crippen LogP contribution in [-0.2, 0) is 4.79 Å². The molecule has 1 heterocycles. The van der Waals surface area contributed by atoms with Crippen molar-refractivity contribution in [2.75, 3.05) is 13.1 Å². The fraction of sp³-hybridized carbons (Fsp3) is 0.889. The average Bonchev–Trinajstić information content (AvgIpc) is 2.36. The van der Waals surface area contributed by atoms with Crippen molar-refractivity contribution in [2.24, 2.45) is 0 Å². The Morgan fingerprint density at radius 1 is 1.67 bits per heavy atom. The fourth-order valence-electron chi connectivity index (χ4n) is 1.55. The Morgan fingerprint density at radius 2 is 2.42 bits per heavy atom. The Kier molecular flexibility index (Phi) is 3.09. The van der Waals surface area contributed by atoms with Crippen molar-refractivity contribution < 1.29 is 4.79 Å². The Balaban J connectivity index is 2.33. The van der Waals surface area contributed by atoms with Gasteiger partial charge in [0.15, 0.2) is 0 Å². The van der Waals surface area contributed by atoms with Gasteiger partial charge in [-0.2, -0.15) is 0 Å². The lowest BCUT2D eigenvalue weighted by molar-refractivity contribution is -0.122. The molecular formula is C9H18N2O. The van der Waals surface area contributed by atoms with Gasteiger partial charge in [-0.25, -0.2) is 0 Å². The van der Waals surface area contributed by atoms with Gasteiger partial charge >= 0.3 is 0 Å². The number of rotatable bonds is 3. The molecule has 0 aromatic heterocycles. The molecule has 0 bridgehead atoms. The van der Waals surface area contributed by atoms with E-state index in [0.29, 0.717) is 6.42 Å². The van der Waals surface area contributed by atoms with Crippen LogP contribution in [0.15, 0.2) is 0 Å². The highest BCUT2D eigenvalue weighted by Gasteiger charge is 2.29. The summed E-state index contributed by atoms with van der Waals surface area (Å²) < 4.78 is 0. The number of nitrogens with one attached hydrogen (secondary N) is 2. The maximum atomic E-state index is 11.3. The highest BCUT2D eigenvalue weighted by Crippen LogP contribution is 2.13. The van der Waals surface area contributed by atoms with Crippen molar-refractivity contribution in [3.05, 3.63) is 0 Å². The first-order chi connectivity index (χ1) is 5.66. The van der Waals surface area contributed by atoms with Crippen LogP contribution in [0.1, 0.15) is 33.1 Å². The van der Waals surface area contributed by atoms with Gasteiger partial charge in [-0.15, -0.1) is 0 Å². The first kappa shape index (κ1) is 9.52. The zero-order valence-corrected chi connectivity index (χ0v) is 7.94. The normalized spacial score (nSPS) is 28.8. The summed E-state index contributed by atoms with van der Waals surface area (Å²) in [6.07, 6.45) is 2.62. The van der Waals surface area contributed by atoms with E-state index in [1.54, 1.807) is 0 Å². The third kappa shape index (κ3) is 2.48. The Hall–Kier alpha value is -0.570. The van der Waals surface area contributed by atoms with Gasteiger partial charge in [0, 0.05) is 13.0 Å². The molecule has 0 aliphatic carbocycles. The van der Waals surface area contributed by atoms with Crippen molar-refractivity contribution in [2.45, 2.75) is 38.6 Å². The summed E-state index contributed by atoms with van der Waals surface area (Å²) in [5, 5.41) is 6.30. The molecule has 70 valence electrons. The Bertz CT molecular complexity index is 162. The summed E-state index contributed by atoms with van der Waals surface area (Å²) in [6, 6.07) is 0. The summed E-state index contributed by atoms with van der Waals surface area (Å²) in [6.45, 7) is 6.04. The third-order valence-electron chi connectivity index (χ3n) is 2.29. The van der Waals surface area contributed by atoms with Gasteiger partial charge in [0.25, 0.3) is 0 Å². The number of hydrogen-bond donors (Lipinski definition) is 2. The maximum absolute atomic E-state index is 11.3. The van der Waals surface area contributed by atoms with Gasteiger partial charge in [0.05, 0.1) is 5.54 Å². The van der Waals surface area contributed by atoms with E-state index in [0.717, 1.165) is 25.9 Å². The van der Waals surface area contributed by atoms with E-state index in [2.05, 4.69) is 17.6 Å². The lowest BCUT2D eigenvalue weighted by Gasteiger charge is -2.24. The topological polar surface area (TPSA) is 41.1 Å². The van der Waals surface area contributed by atoms with Gasteiger partial charge in [0.2, 0.25) is 5.91 Å². The monoisotopic (exact) mass is 170 g/mol. The number of amides is 1. The molecule has 3 heteroatoms. The van der Waals surface area contributed by atoms with E-state index in [9.17, 15) is 4.79 Å².